The molecule has 0 bridgehead atoms. The van der Waals surface area contributed by atoms with Crippen LogP contribution in [0.1, 0.15) is 83.5 Å². The van der Waals surface area contributed by atoms with Gasteiger partial charge in [-0.2, -0.15) is 0 Å². The number of carboxylic acid groups (broad SMARTS) is 1. The van der Waals surface area contributed by atoms with E-state index in [0.29, 0.717) is 13.2 Å². The van der Waals surface area contributed by atoms with Gasteiger partial charge in [0.15, 0.2) is 5.96 Å². The van der Waals surface area contributed by atoms with Gasteiger partial charge in [0.25, 0.3) is 0 Å². The second-order valence-electron chi connectivity index (χ2n) is 10.3. The Bertz CT molecular complexity index is 674. The monoisotopic (exact) mass is 479 g/mol. The number of amides is 1. The zero-order valence-corrected chi connectivity index (χ0v) is 20.9. The average molecular weight is 480 g/mol. The third kappa shape index (κ3) is 7.57. The summed E-state index contributed by atoms with van der Waals surface area (Å²) in [6, 6.07) is -0.210. The minimum atomic E-state index is -0.910. The minimum Gasteiger partial charge on any atom is -0.481 e. The standard InChI is InChI=1S/C25H45N5O4/c1-28(19-8-4-2-3-5-9-19)22(18-23(31)32)24(33)30-14-7-6-10-20(30)13-17-34-21-11-15-29(16-12-21)25(26)27/h19-22H,2-18H2,1H3,(H3,26,27)(H,31,32)/t20-,22-/m0/s1. The molecule has 1 saturated carbocycles. The smallest absolute Gasteiger partial charge is 0.305 e. The number of rotatable bonds is 9. The molecular formula is C25H45N5O4. The number of nitrogens with two attached hydrogens (primary N) is 1. The molecule has 9 nitrogen and oxygen atoms in total. The van der Waals surface area contributed by atoms with E-state index in [2.05, 4.69) is 4.90 Å². The molecule has 3 aliphatic rings. The number of hydrogen-bond donors (Lipinski definition) is 3. The van der Waals surface area contributed by atoms with E-state index in [0.717, 1.165) is 77.3 Å². The third-order valence-electron chi connectivity index (χ3n) is 8.04. The van der Waals surface area contributed by atoms with Gasteiger partial charge >= 0.3 is 5.97 Å². The first kappa shape index (κ1) is 26.7. The maximum absolute atomic E-state index is 13.7. The molecule has 3 fully saturated rings. The first-order valence-corrected chi connectivity index (χ1v) is 13.3. The number of nitrogens with zero attached hydrogens (tertiary/aromatic N) is 3. The Morgan fingerprint density at radius 2 is 1.68 bits per heavy atom. The highest BCUT2D eigenvalue weighted by Crippen LogP contribution is 2.27. The number of carboxylic acids is 1. The molecule has 2 heterocycles. The predicted molar refractivity (Wildman–Crippen MR) is 132 cm³/mol. The van der Waals surface area contributed by atoms with Crippen LogP contribution < -0.4 is 5.73 Å². The lowest BCUT2D eigenvalue weighted by molar-refractivity contribution is -0.148. The lowest BCUT2D eigenvalue weighted by Gasteiger charge is -2.41. The quantitative estimate of drug-likeness (QED) is 0.264. The van der Waals surface area contributed by atoms with Crippen LogP contribution in [0.15, 0.2) is 0 Å². The number of guanidine groups is 1. The fourth-order valence-corrected chi connectivity index (χ4v) is 5.91. The molecular weight excluding hydrogens is 434 g/mol. The van der Waals surface area contributed by atoms with E-state index in [-0.39, 0.29) is 36.5 Å². The maximum atomic E-state index is 13.7. The maximum Gasteiger partial charge on any atom is 0.305 e. The second kappa shape index (κ2) is 13.3. The van der Waals surface area contributed by atoms with Gasteiger partial charge in [-0.25, -0.2) is 0 Å². The van der Waals surface area contributed by atoms with Gasteiger partial charge in [-0.15, -0.1) is 0 Å². The minimum absolute atomic E-state index is 0.0198. The van der Waals surface area contributed by atoms with Crippen molar-refractivity contribution in [2.24, 2.45) is 5.73 Å². The Labute approximate surface area is 204 Å². The number of likely N-dealkylation sites (tertiary alicyclic amines) is 2. The second-order valence-corrected chi connectivity index (χ2v) is 10.3. The fraction of sp³-hybridized carbons (Fsp3) is 0.880. The van der Waals surface area contributed by atoms with E-state index in [4.69, 9.17) is 15.9 Å². The van der Waals surface area contributed by atoms with Crippen molar-refractivity contribution in [3.63, 3.8) is 0 Å². The van der Waals surface area contributed by atoms with Crippen molar-refractivity contribution in [1.82, 2.24) is 14.7 Å². The molecule has 34 heavy (non-hydrogen) atoms. The van der Waals surface area contributed by atoms with Crippen LogP contribution in [-0.4, -0.2) is 95.2 Å². The fourth-order valence-electron chi connectivity index (χ4n) is 5.91. The number of likely N-dealkylation sites (N-methyl/N-ethyl adjacent to an activating group) is 1. The molecule has 2 aliphatic heterocycles. The Hall–Kier alpha value is -1.87. The zero-order chi connectivity index (χ0) is 24.5. The first-order chi connectivity index (χ1) is 16.4. The summed E-state index contributed by atoms with van der Waals surface area (Å²) in [5.41, 5.74) is 5.58. The molecule has 0 aromatic carbocycles. The molecule has 1 amide bonds. The molecule has 4 N–H and O–H groups in total. The Kier molecular flexibility index (Phi) is 10.4. The number of hydrogen-bond acceptors (Lipinski definition) is 5. The van der Waals surface area contributed by atoms with E-state index in [1.54, 1.807) is 0 Å². The molecule has 9 heteroatoms. The number of aliphatic carboxylic acids is 1. The van der Waals surface area contributed by atoms with Gasteiger partial charge in [-0.3, -0.25) is 19.9 Å². The largest absolute Gasteiger partial charge is 0.481 e. The van der Waals surface area contributed by atoms with Gasteiger partial charge in [-0.1, -0.05) is 25.7 Å². The summed E-state index contributed by atoms with van der Waals surface area (Å²) < 4.78 is 6.14. The highest BCUT2D eigenvalue weighted by Gasteiger charge is 2.37. The molecule has 3 rings (SSSR count). The molecule has 194 valence electrons. The van der Waals surface area contributed by atoms with E-state index < -0.39 is 12.0 Å². The normalized spacial score (nSPS) is 24.1. The molecule has 2 saturated heterocycles. The Balaban J connectivity index is 1.57. The summed E-state index contributed by atoms with van der Waals surface area (Å²) in [5, 5.41) is 17.2. The first-order valence-electron chi connectivity index (χ1n) is 13.3. The molecule has 0 aromatic heterocycles. The van der Waals surface area contributed by atoms with Gasteiger partial charge in [-0.05, 0) is 58.4 Å². The average Bonchev–Trinajstić information content (AvgIpc) is 3.12. The summed E-state index contributed by atoms with van der Waals surface area (Å²) in [6.45, 7) is 2.80. The van der Waals surface area contributed by atoms with Crippen LogP contribution in [0.25, 0.3) is 0 Å². The molecule has 0 spiro atoms. The summed E-state index contributed by atoms with van der Waals surface area (Å²) in [7, 11) is 1.96. The summed E-state index contributed by atoms with van der Waals surface area (Å²) in [6.07, 6.45) is 12.4. The lowest BCUT2D eigenvalue weighted by Crippen LogP contribution is -2.55. The van der Waals surface area contributed by atoms with Crippen LogP contribution in [0.4, 0.5) is 0 Å². The highest BCUT2D eigenvalue weighted by atomic mass is 16.5. The topological polar surface area (TPSA) is 123 Å². The number of carbonyl (C=O) groups is 2. The van der Waals surface area contributed by atoms with Crippen LogP contribution in [-0.2, 0) is 14.3 Å². The van der Waals surface area contributed by atoms with Crippen molar-refractivity contribution in [1.29, 1.82) is 5.41 Å². The van der Waals surface area contributed by atoms with Crippen LogP contribution in [0.3, 0.4) is 0 Å². The van der Waals surface area contributed by atoms with Crippen molar-refractivity contribution >= 4 is 17.8 Å². The van der Waals surface area contributed by atoms with Gasteiger partial charge in [0, 0.05) is 38.3 Å². The van der Waals surface area contributed by atoms with Gasteiger partial charge in [0.05, 0.1) is 18.6 Å². The van der Waals surface area contributed by atoms with Gasteiger partial charge in [0.2, 0.25) is 5.91 Å². The van der Waals surface area contributed by atoms with Gasteiger partial charge in [0.1, 0.15) is 0 Å². The van der Waals surface area contributed by atoms with Crippen LogP contribution in [0.2, 0.25) is 0 Å². The molecule has 0 unspecified atom stereocenters. The molecule has 1 aliphatic carbocycles. The predicted octanol–water partition coefficient (Wildman–Crippen LogP) is 2.63. The van der Waals surface area contributed by atoms with E-state index in [9.17, 15) is 14.7 Å². The highest BCUT2D eigenvalue weighted by molar-refractivity contribution is 5.86. The number of ether oxygens (including phenoxy) is 1. The van der Waals surface area contributed by atoms with E-state index in [1.165, 1.54) is 12.8 Å². The summed E-state index contributed by atoms with van der Waals surface area (Å²) in [5.74, 6) is -0.805. The lowest BCUT2D eigenvalue weighted by atomic mass is 9.96. The van der Waals surface area contributed by atoms with Crippen molar-refractivity contribution in [3.05, 3.63) is 0 Å². The van der Waals surface area contributed by atoms with Crippen LogP contribution in [0.5, 0.6) is 0 Å². The number of carbonyl (C=O) groups excluding carboxylic acids is 1. The Morgan fingerprint density at radius 1 is 1.03 bits per heavy atom. The molecule has 2 atom stereocenters. The van der Waals surface area contributed by atoms with E-state index in [1.807, 2.05) is 16.8 Å². The number of piperidine rings is 2. The number of nitrogens with one attached hydrogen (secondary N) is 1. The van der Waals surface area contributed by atoms with Crippen molar-refractivity contribution in [3.8, 4) is 0 Å². The summed E-state index contributed by atoms with van der Waals surface area (Å²) in [4.78, 5) is 31.3. The third-order valence-corrected chi connectivity index (χ3v) is 8.04. The van der Waals surface area contributed by atoms with Crippen molar-refractivity contribution in [2.75, 3.05) is 33.3 Å². The Morgan fingerprint density at radius 3 is 2.29 bits per heavy atom. The van der Waals surface area contributed by atoms with Crippen molar-refractivity contribution < 1.29 is 19.4 Å². The SMILES string of the molecule is CN(C1CCCCCC1)[C@@H](CC(=O)O)C(=O)N1CCCC[C@H]1CCOC1CCN(C(=N)N)CC1. The van der Waals surface area contributed by atoms with Crippen LogP contribution >= 0.6 is 0 Å². The molecule has 0 aromatic rings. The van der Waals surface area contributed by atoms with Crippen LogP contribution in [0, 0.1) is 5.41 Å². The van der Waals surface area contributed by atoms with E-state index >= 15 is 0 Å². The van der Waals surface area contributed by atoms with Gasteiger partial charge < -0.3 is 25.4 Å². The van der Waals surface area contributed by atoms with Crippen molar-refractivity contribution in [2.45, 2.75) is 108 Å². The summed E-state index contributed by atoms with van der Waals surface area (Å²) >= 11 is 0. The zero-order valence-electron chi connectivity index (χ0n) is 20.9. The molecule has 0 radical (unpaired) electrons.